The van der Waals surface area contributed by atoms with Gasteiger partial charge < -0.3 is 16.4 Å². The minimum absolute atomic E-state index is 0.0137. The molecule has 0 atom stereocenters. The average Bonchev–Trinajstić information content (AvgIpc) is 2.27. The maximum absolute atomic E-state index is 11.6. The van der Waals surface area contributed by atoms with Gasteiger partial charge in [-0.25, -0.2) is 4.98 Å². The van der Waals surface area contributed by atoms with E-state index in [0.29, 0.717) is 23.8 Å². The molecule has 0 bridgehead atoms. The number of nitrogens with zero attached hydrogens (tertiary/aromatic N) is 1. The lowest BCUT2D eigenvalue weighted by molar-refractivity contribution is -0.122. The third-order valence-corrected chi connectivity index (χ3v) is 2.46. The summed E-state index contributed by atoms with van der Waals surface area (Å²) in [5.74, 6) is 0.711. The summed E-state index contributed by atoms with van der Waals surface area (Å²) in [6, 6.07) is 3.59. The van der Waals surface area contributed by atoms with Crippen molar-refractivity contribution in [3.8, 4) is 0 Å². The zero-order valence-electron chi connectivity index (χ0n) is 11.5. The number of amides is 1. The third kappa shape index (κ3) is 6.15. The van der Waals surface area contributed by atoms with E-state index in [4.69, 9.17) is 18.0 Å². The standard InChI is InChI=1S/C13H20N4OS/c1-13(2,3)17-11(18)6-7-15-10-5-4-9(8-16-10)12(14)19/h4-5,8H,6-7H2,1-3H3,(H2,14,19)(H,15,16)(H,17,18). The van der Waals surface area contributed by atoms with Crippen LogP contribution in [0.15, 0.2) is 18.3 Å². The molecule has 1 amide bonds. The fraction of sp³-hybridized carbons (Fsp3) is 0.462. The predicted octanol–water partition coefficient (Wildman–Crippen LogP) is 1.43. The number of pyridine rings is 1. The van der Waals surface area contributed by atoms with Crippen LogP contribution in [0.2, 0.25) is 0 Å². The molecule has 4 N–H and O–H groups in total. The Labute approximate surface area is 119 Å². The van der Waals surface area contributed by atoms with E-state index >= 15 is 0 Å². The molecule has 5 nitrogen and oxygen atoms in total. The topological polar surface area (TPSA) is 80.0 Å². The summed E-state index contributed by atoms with van der Waals surface area (Å²) in [5.41, 5.74) is 6.01. The predicted molar refractivity (Wildman–Crippen MR) is 81.1 cm³/mol. The summed E-state index contributed by atoms with van der Waals surface area (Å²) in [7, 11) is 0. The number of carbonyl (C=O) groups excluding carboxylic acids is 1. The van der Waals surface area contributed by atoms with Gasteiger partial charge in [0.1, 0.15) is 10.8 Å². The number of hydrogen-bond donors (Lipinski definition) is 3. The number of anilines is 1. The lowest BCUT2D eigenvalue weighted by atomic mass is 10.1. The molecule has 6 heteroatoms. The number of thiocarbonyl (C=S) groups is 1. The largest absolute Gasteiger partial charge is 0.389 e. The Bertz CT molecular complexity index is 451. The molecule has 1 aromatic rings. The molecule has 1 aromatic heterocycles. The van der Waals surface area contributed by atoms with Crippen LogP contribution in [0, 0.1) is 0 Å². The van der Waals surface area contributed by atoms with Crippen LogP contribution >= 0.6 is 12.2 Å². The first-order chi connectivity index (χ1) is 8.78. The Morgan fingerprint density at radius 3 is 2.58 bits per heavy atom. The zero-order chi connectivity index (χ0) is 14.5. The molecule has 0 radical (unpaired) electrons. The monoisotopic (exact) mass is 280 g/mol. The van der Waals surface area contributed by atoms with Gasteiger partial charge in [0, 0.05) is 30.3 Å². The van der Waals surface area contributed by atoms with Crippen molar-refractivity contribution in [1.29, 1.82) is 0 Å². The van der Waals surface area contributed by atoms with Crippen molar-refractivity contribution in [3.05, 3.63) is 23.9 Å². The molecule has 0 saturated heterocycles. The summed E-state index contributed by atoms with van der Waals surface area (Å²) in [6.45, 7) is 6.39. The van der Waals surface area contributed by atoms with Crippen molar-refractivity contribution < 1.29 is 4.79 Å². The van der Waals surface area contributed by atoms with Gasteiger partial charge in [0.25, 0.3) is 0 Å². The van der Waals surface area contributed by atoms with E-state index in [0.717, 1.165) is 5.56 Å². The van der Waals surface area contributed by atoms with Crippen molar-refractivity contribution >= 4 is 28.9 Å². The molecule has 1 heterocycles. The lowest BCUT2D eigenvalue weighted by Gasteiger charge is -2.20. The van der Waals surface area contributed by atoms with E-state index in [1.807, 2.05) is 20.8 Å². The van der Waals surface area contributed by atoms with Crippen molar-refractivity contribution in [3.63, 3.8) is 0 Å². The summed E-state index contributed by atoms with van der Waals surface area (Å²) >= 11 is 4.84. The average molecular weight is 280 g/mol. The Morgan fingerprint density at radius 1 is 1.42 bits per heavy atom. The van der Waals surface area contributed by atoms with Gasteiger partial charge in [-0.05, 0) is 32.9 Å². The molecule has 0 unspecified atom stereocenters. The van der Waals surface area contributed by atoms with E-state index in [2.05, 4.69) is 15.6 Å². The molecule has 0 aliphatic rings. The molecular weight excluding hydrogens is 260 g/mol. The highest BCUT2D eigenvalue weighted by molar-refractivity contribution is 7.80. The smallest absolute Gasteiger partial charge is 0.222 e. The minimum Gasteiger partial charge on any atom is -0.389 e. The number of carbonyl (C=O) groups is 1. The summed E-state index contributed by atoms with van der Waals surface area (Å²) in [5, 5.41) is 5.97. The fourth-order valence-corrected chi connectivity index (χ4v) is 1.55. The zero-order valence-corrected chi connectivity index (χ0v) is 12.3. The number of rotatable bonds is 5. The third-order valence-electron chi connectivity index (χ3n) is 2.22. The van der Waals surface area contributed by atoms with Crippen LogP contribution < -0.4 is 16.4 Å². The summed E-state index contributed by atoms with van der Waals surface area (Å²) < 4.78 is 0. The van der Waals surface area contributed by atoms with Crippen molar-refractivity contribution in [1.82, 2.24) is 10.3 Å². The number of nitrogens with two attached hydrogens (primary N) is 1. The first-order valence-corrected chi connectivity index (χ1v) is 6.49. The van der Waals surface area contributed by atoms with Crippen molar-refractivity contribution in [2.75, 3.05) is 11.9 Å². The van der Waals surface area contributed by atoms with E-state index in [9.17, 15) is 4.79 Å². The molecule has 0 fully saturated rings. The molecular formula is C13H20N4OS. The Balaban J connectivity index is 2.37. The number of aromatic nitrogens is 1. The van der Waals surface area contributed by atoms with Gasteiger partial charge in [-0.3, -0.25) is 4.79 Å². The van der Waals surface area contributed by atoms with Crippen LogP contribution in [0.5, 0.6) is 0 Å². The van der Waals surface area contributed by atoms with Crippen LogP contribution in [0.3, 0.4) is 0 Å². The van der Waals surface area contributed by atoms with Gasteiger partial charge in [-0.2, -0.15) is 0 Å². The molecule has 0 saturated carbocycles. The normalized spacial score (nSPS) is 10.9. The molecule has 0 aromatic carbocycles. The van der Waals surface area contributed by atoms with Gasteiger partial charge in [0.05, 0.1) is 0 Å². The molecule has 19 heavy (non-hydrogen) atoms. The van der Waals surface area contributed by atoms with Crippen LogP contribution in [0.1, 0.15) is 32.8 Å². The number of nitrogens with one attached hydrogen (secondary N) is 2. The molecule has 0 aliphatic heterocycles. The first-order valence-electron chi connectivity index (χ1n) is 6.09. The molecule has 104 valence electrons. The molecule has 0 aliphatic carbocycles. The fourth-order valence-electron chi connectivity index (χ4n) is 1.43. The summed E-state index contributed by atoms with van der Waals surface area (Å²) in [6.07, 6.45) is 2.01. The Hall–Kier alpha value is -1.69. The van der Waals surface area contributed by atoms with Crippen LogP contribution in [-0.4, -0.2) is 28.0 Å². The van der Waals surface area contributed by atoms with Gasteiger partial charge in [-0.1, -0.05) is 12.2 Å². The highest BCUT2D eigenvalue weighted by Gasteiger charge is 2.12. The second-order valence-electron chi connectivity index (χ2n) is 5.27. The Kier molecular flexibility index (Phi) is 5.23. The second kappa shape index (κ2) is 6.47. The molecule has 1 rings (SSSR count). The van der Waals surface area contributed by atoms with Crippen LogP contribution in [0.25, 0.3) is 0 Å². The van der Waals surface area contributed by atoms with Crippen molar-refractivity contribution in [2.24, 2.45) is 5.73 Å². The second-order valence-corrected chi connectivity index (χ2v) is 5.71. The van der Waals surface area contributed by atoms with Crippen LogP contribution in [0.4, 0.5) is 5.82 Å². The van der Waals surface area contributed by atoms with Gasteiger partial charge >= 0.3 is 0 Å². The van der Waals surface area contributed by atoms with E-state index < -0.39 is 0 Å². The number of hydrogen-bond acceptors (Lipinski definition) is 4. The lowest BCUT2D eigenvalue weighted by Crippen LogP contribution is -2.41. The minimum atomic E-state index is -0.201. The van der Waals surface area contributed by atoms with Gasteiger partial charge in [-0.15, -0.1) is 0 Å². The maximum Gasteiger partial charge on any atom is 0.222 e. The van der Waals surface area contributed by atoms with Gasteiger partial charge in [0.2, 0.25) is 5.91 Å². The Morgan fingerprint density at radius 2 is 2.11 bits per heavy atom. The highest BCUT2D eigenvalue weighted by atomic mass is 32.1. The van der Waals surface area contributed by atoms with Crippen molar-refractivity contribution in [2.45, 2.75) is 32.7 Å². The quantitative estimate of drug-likeness (QED) is 0.711. The van der Waals surface area contributed by atoms with E-state index in [-0.39, 0.29) is 11.4 Å². The maximum atomic E-state index is 11.6. The SMILES string of the molecule is CC(C)(C)NC(=O)CCNc1ccc(C(N)=S)cn1. The van der Waals surface area contributed by atoms with E-state index in [1.165, 1.54) is 0 Å². The highest BCUT2D eigenvalue weighted by Crippen LogP contribution is 2.05. The van der Waals surface area contributed by atoms with Gasteiger partial charge in [0.15, 0.2) is 0 Å². The van der Waals surface area contributed by atoms with E-state index in [1.54, 1.807) is 18.3 Å². The summed E-state index contributed by atoms with van der Waals surface area (Å²) in [4.78, 5) is 16.1. The first kappa shape index (κ1) is 15.4. The van der Waals surface area contributed by atoms with Crippen LogP contribution in [-0.2, 0) is 4.79 Å². The molecule has 0 spiro atoms.